The Morgan fingerprint density at radius 1 is 0.552 bits per heavy atom. The molecule has 29 heavy (non-hydrogen) atoms. The highest BCUT2D eigenvalue weighted by molar-refractivity contribution is 5.69. The van der Waals surface area contributed by atoms with Crippen LogP contribution < -0.4 is 0 Å². The zero-order valence-corrected chi connectivity index (χ0v) is 20.0. The van der Waals surface area contributed by atoms with E-state index in [0.29, 0.717) is 13.0 Å². The molecule has 0 unspecified atom stereocenters. The van der Waals surface area contributed by atoms with E-state index in [1.807, 2.05) is 0 Å². The van der Waals surface area contributed by atoms with Gasteiger partial charge < -0.3 is 4.74 Å². The van der Waals surface area contributed by atoms with Crippen LogP contribution in [0.1, 0.15) is 149 Å². The number of carbonyl (C=O) groups is 1. The molecule has 0 amide bonds. The van der Waals surface area contributed by atoms with E-state index >= 15 is 0 Å². The van der Waals surface area contributed by atoms with Gasteiger partial charge in [-0.3, -0.25) is 4.79 Å². The minimum Gasteiger partial charge on any atom is -0.466 e. The molecule has 0 aromatic carbocycles. The monoisotopic (exact) mass is 408 g/mol. The molecule has 0 heterocycles. The summed E-state index contributed by atoms with van der Waals surface area (Å²) in [5, 5.41) is 0. The molecular weight excluding hydrogens is 356 g/mol. The second-order valence-electron chi connectivity index (χ2n) is 8.68. The molecule has 0 atom stereocenters. The minimum absolute atomic E-state index is 0.00197. The highest BCUT2D eigenvalue weighted by atomic mass is 16.5. The zero-order chi connectivity index (χ0) is 21.3. The number of esters is 1. The van der Waals surface area contributed by atoms with Gasteiger partial charge in [0.05, 0.1) is 6.61 Å². The largest absolute Gasteiger partial charge is 0.466 e. The normalized spacial score (nSPS) is 11.4. The lowest BCUT2D eigenvalue weighted by atomic mass is 10.1. The second kappa shape index (κ2) is 25.2. The Kier molecular flexibility index (Phi) is 24.6. The number of rotatable bonds is 23. The average Bonchev–Trinajstić information content (AvgIpc) is 2.73. The van der Waals surface area contributed by atoms with Crippen molar-refractivity contribution in [3.8, 4) is 0 Å². The van der Waals surface area contributed by atoms with Crippen molar-refractivity contribution in [1.29, 1.82) is 0 Å². The number of unbranched alkanes of at least 4 members (excludes halogenated alkanes) is 17. The molecule has 0 aliphatic carbocycles. The maximum Gasteiger partial charge on any atom is 0.305 e. The topological polar surface area (TPSA) is 26.3 Å². The van der Waals surface area contributed by atoms with E-state index in [1.165, 1.54) is 109 Å². The van der Waals surface area contributed by atoms with Gasteiger partial charge in [-0.05, 0) is 38.5 Å². The quantitative estimate of drug-likeness (QED) is 0.0956. The van der Waals surface area contributed by atoms with Gasteiger partial charge in [0.1, 0.15) is 0 Å². The Bertz CT molecular complexity index is 348. The summed E-state index contributed by atoms with van der Waals surface area (Å²) in [4.78, 5) is 11.6. The van der Waals surface area contributed by atoms with Crippen LogP contribution in [0.4, 0.5) is 0 Å². The van der Waals surface area contributed by atoms with Crippen molar-refractivity contribution in [3.63, 3.8) is 0 Å². The van der Waals surface area contributed by atoms with Crippen molar-refractivity contribution in [2.24, 2.45) is 0 Å². The Labute approximate surface area is 183 Å². The molecule has 0 N–H and O–H groups in total. The summed E-state index contributed by atoms with van der Waals surface area (Å²) in [5.74, 6) is 0.00197. The van der Waals surface area contributed by atoms with Crippen LogP contribution in [0.25, 0.3) is 0 Å². The highest BCUT2D eigenvalue weighted by Gasteiger charge is 2.02. The summed E-state index contributed by atoms with van der Waals surface area (Å²) in [6, 6.07) is 0. The van der Waals surface area contributed by atoms with E-state index in [4.69, 9.17) is 4.74 Å². The third kappa shape index (κ3) is 25.2. The van der Waals surface area contributed by atoms with E-state index in [1.54, 1.807) is 0 Å². The maximum absolute atomic E-state index is 11.6. The molecule has 0 spiro atoms. The molecule has 2 heteroatoms. The SMILES string of the molecule is CCCCCCCCC=CCCCCCCCCCCCC(=O)OCCCCC. The first-order valence-corrected chi connectivity index (χ1v) is 13.1. The third-order valence-corrected chi connectivity index (χ3v) is 5.65. The summed E-state index contributed by atoms with van der Waals surface area (Å²) in [5.41, 5.74) is 0. The molecule has 0 fully saturated rings. The lowest BCUT2D eigenvalue weighted by Crippen LogP contribution is -2.05. The highest BCUT2D eigenvalue weighted by Crippen LogP contribution is 2.12. The fraction of sp³-hybridized carbons (Fsp3) is 0.889. The molecule has 0 aromatic heterocycles. The number of ether oxygens (including phenoxy) is 1. The first-order chi connectivity index (χ1) is 14.3. The third-order valence-electron chi connectivity index (χ3n) is 5.65. The van der Waals surface area contributed by atoms with E-state index in [9.17, 15) is 4.79 Å². The van der Waals surface area contributed by atoms with Gasteiger partial charge in [0.25, 0.3) is 0 Å². The van der Waals surface area contributed by atoms with Crippen LogP contribution in [0.5, 0.6) is 0 Å². The van der Waals surface area contributed by atoms with E-state index in [-0.39, 0.29) is 5.97 Å². The van der Waals surface area contributed by atoms with Gasteiger partial charge in [-0.15, -0.1) is 0 Å². The number of hydrogen-bond acceptors (Lipinski definition) is 2. The first kappa shape index (κ1) is 28.2. The summed E-state index contributed by atoms with van der Waals surface area (Å²) in [6.45, 7) is 5.06. The fourth-order valence-electron chi connectivity index (χ4n) is 3.66. The standard InChI is InChI=1S/C27H52O2/c1-3-5-7-8-9-10-11-12-13-14-15-16-17-18-19-20-21-22-23-25-27(28)29-26-24-6-4-2/h12-13H,3-11,14-26H2,1-2H3. The summed E-state index contributed by atoms with van der Waals surface area (Å²) < 4.78 is 5.24. The van der Waals surface area contributed by atoms with Gasteiger partial charge in [0.15, 0.2) is 0 Å². The molecule has 0 aromatic rings. The summed E-state index contributed by atoms with van der Waals surface area (Å²) >= 11 is 0. The summed E-state index contributed by atoms with van der Waals surface area (Å²) in [7, 11) is 0. The van der Waals surface area contributed by atoms with E-state index in [0.717, 1.165) is 19.3 Å². The van der Waals surface area contributed by atoms with Crippen molar-refractivity contribution in [2.75, 3.05) is 6.61 Å². The van der Waals surface area contributed by atoms with Crippen molar-refractivity contribution >= 4 is 5.97 Å². The van der Waals surface area contributed by atoms with Gasteiger partial charge in [-0.1, -0.05) is 116 Å². The molecule has 0 radical (unpaired) electrons. The first-order valence-electron chi connectivity index (χ1n) is 13.1. The van der Waals surface area contributed by atoms with Crippen LogP contribution in [0.15, 0.2) is 12.2 Å². The number of allylic oxidation sites excluding steroid dienone is 2. The predicted molar refractivity (Wildman–Crippen MR) is 128 cm³/mol. The molecule has 0 bridgehead atoms. The molecule has 0 rings (SSSR count). The molecule has 172 valence electrons. The molecular formula is C27H52O2. The molecule has 2 nitrogen and oxygen atoms in total. The van der Waals surface area contributed by atoms with Gasteiger partial charge in [0, 0.05) is 6.42 Å². The van der Waals surface area contributed by atoms with E-state index < -0.39 is 0 Å². The van der Waals surface area contributed by atoms with Crippen molar-refractivity contribution in [1.82, 2.24) is 0 Å². The Hall–Kier alpha value is -0.790. The molecule has 0 aliphatic heterocycles. The van der Waals surface area contributed by atoms with Gasteiger partial charge >= 0.3 is 5.97 Å². The average molecular weight is 409 g/mol. The fourth-order valence-corrected chi connectivity index (χ4v) is 3.66. The van der Waals surface area contributed by atoms with Crippen LogP contribution in [0.3, 0.4) is 0 Å². The summed E-state index contributed by atoms with van der Waals surface area (Å²) in [6.07, 6.45) is 31.3. The minimum atomic E-state index is 0.00197. The van der Waals surface area contributed by atoms with Crippen molar-refractivity contribution < 1.29 is 9.53 Å². The van der Waals surface area contributed by atoms with Crippen LogP contribution in [-0.2, 0) is 9.53 Å². The van der Waals surface area contributed by atoms with Gasteiger partial charge in [-0.25, -0.2) is 0 Å². The zero-order valence-electron chi connectivity index (χ0n) is 20.0. The molecule has 0 aliphatic rings. The Morgan fingerprint density at radius 3 is 1.48 bits per heavy atom. The smallest absolute Gasteiger partial charge is 0.305 e. The number of hydrogen-bond donors (Lipinski definition) is 0. The van der Waals surface area contributed by atoms with Crippen LogP contribution in [0.2, 0.25) is 0 Å². The Morgan fingerprint density at radius 2 is 0.966 bits per heavy atom. The van der Waals surface area contributed by atoms with Gasteiger partial charge in [-0.2, -0.15) is 0 Å². The van der Waals surface area contributed by atoms with Crippen LogP contribution in [-0.4, -0.2) is 12.6 Å². The Balaban J connectivity index is 3.14. The van der Waals surface area contributed by atoms with Crippen molar-refractivity contribution in [2.45, 2.75) is 149 Å². The molecule has 0 saturated heterocycles. The van der Waals surface area contributed by atoms with E-state index in [2.05, 4.69) is 26.0 Å². The van der Waals surface area contributed by atoms with Crippen LogP contribution in [0, 0.1) is 0 Å². The molecule has 0 saturated carbocycles. The van der Waals surface area contributed by atoms with Crippen molar-refractivity contribution in [3.05, 3.63) is 12.2 Å². The lowest BCUT2D eigenvalue weighted by Gasteiger charge is -2.04. The van der Waals surface area contributed by atoms with Crippen LogP contribution >= 0.6 is 0 Å². The van der Waals surface area contributed by atoms with Gasteiger partial charge in [0.2, 0.25) is 0 Å². The lowest BCUT2D eigenvalue weighted by molar-refractivity contribution is -0.143. The second-order valence-corrected chi connectivity index (χ2v) is 8.68. The number of carbonyl (C=O) groups excluding carboxylic acids is 1. The maximum atomic E-state index is 11.6. The predicted octanol–water partition coefficient (Wildman–Crippen LogP) is 9.32.